The summed E-state index contributed by atoms with van der Waals surface area (Å²) in [5.74, 6) is -0.290. The third-order valence-corrected chi connectivity index (χ3v) is 6.59. The van der Waals surface area contributed by atoms with Gasteiger partial charge in [-0.25, -0.2) is 4.39 Å². The smallest absolute Gasteiger partial charge is 0.387 e. The van der Waals surface area contributed by atoms with Gasteiger partial charge in [-0.3, -0.25) is 4.79 Å². The Kier molecular flexibility index (Phi) is 6.41. The molecule has 30 heavy (non-hydrogen) atoms. The van der Waals surface area contributed by atoms with Crippen molar-refractivity contribution < 1.29 is 32.5 Å². The minimum absolute atomic E-state index is 0.0238. The average Bonchev–Trinajstić information content (AvgIpc) is 3.51. The molecule has 0 heterocycles. The lowest BCUT2D eigenvalue weighted by atomic mass is 9.79. The molecule has 3 aliphatic rings. The Bertz CT molecular complexity index is 744. The number of ether oxygens (including phenoxy) is 2. The van der Waals surface area contributed by atoms with Gasteiger partial charge in [-0.05, 0) is 75.3 Å². The summed E-state index contributed by atoms with van der Waals surface area (Å²) >= 11 is 0. The summed E-state index contributed by atoms with van der Waals surface area (Å²) in [5.41, 5.74) is 0. The van der Waals surface area contributed by atoms with Crippen LogP contribution in [0.5, 0.6) is 11.5 Å². The second-order valence-electron chi connectivity index (χ2n) is 8.83. The number of benzene rings is 1. The van der Waals surface area contributed by atoms with Gasteiger partial charge in [0, 0.05) is 18.0 Å². The molecule has 0 bridgehead atoms. The molecular weight excluding hydrogens is 399 g/mol. The summed E-state index contributed by atoms with van der Waals surface area (Å²) in [4.78, 5) is 12.5. The number of aliphatic hydroxyl groups is 1. The van der Waals surface area contributed by atoms with Crippen molar-refractivity contribution in [2.24, 2.45) is 17.8 Å². The van der Waals surface area contributed by atoms with Crippen LogP contribution >= 0.6 is 0 Å². The fourth-order valence-electron chi connectivity index (χ4n) is 4.57. The predicted molar refractivity (Wildman–Crippen MR) is 103 cm³/mol. The van der Waals surface area contributed by atoms with Gasteiger partial charge >= 0.3 is 6.61 Å². The van der Waals surface area contributed by atoms with Crippen LogP contribution in [0, 0.1) is 23.6 Å². The van der Waals surface area contributed by atoms with E-state index in [-0.39, 0.29) is 41.6 Å². The Morgan fingerprint density at radius 2 is 1.67 bits per heavy atom. The van der Waals surface area contributed by atoms with Gasteiger partial charge in [-0.1, -0.05) is 0 Å². The zero-order valence-electron chi connectivity index (χ0n) is 16.7. The van der Waals surface area contributed by atoms with Crippen molar-refractivity contribution in [1.29, 1.82) is 0 Å². The molecule has 5 nitrogen and oxygen atoms in total. The van der Waals surface area contributed by atoms with Gasteiger partial charge in [0.05, 0.1) is 6.10 Å². The lowest BCUT2D eigenvalue weighted by Crippen LogP contribution is -2.48. The Labute approximate surface area is 173 Å². The van der Waals surface area contributed by atoms with Crippen molar-refractivity contribution in [1.82, 2.24) is 5.32 Å². The van der Waals surface area contributed by atoms with Crippen LogP contribution in [0.25, 0.3) is 0 Å². The van der Waals surface area contributed by atoms with Crippen molar-refractivity contribution in [3.63, 3.8) is 0 Å². The Morgan fingerprint density at radius 3 is 2.27 bits per heavy atom. The van der Waals surface area contributed by atoms with Crippen LogP contribution in [-0.4, -0.2) is 35.9 Å². The van der Waals surface area contributed by atoms with E-state index in [2.05, 4.69) is 10.1 Å². The molecule has 0 saturated heterocycles. The van der Waals surface area contributed by atoms with E-state index in [4.69, 9.17) is 4.74 Å². The maximum Gasteiger partial charge on any atom is 0.387 e. The van der Waals surface area contributed by atoms with Crippen LogP contribution in [0.15, 0.2) is 18.2 Å². The maximum absolute atomic E-state index is 13.4. The molecule has 1 amide bonds. The number of rotatable bonds is 8. The predicted octanol–water partition coefficient (Wildman–Crippen LogP) is 4.03. The average molecular weight is 427 g/mol. The van der Waals surface area contributed by atoms with Gasteiger partial charge in [0.1, 0.15) is 11.9 Å². The van der Waals surface area contributed by atoms with E-state index in [9.17, 15) is 23.1 Å². The summed E-state index contributed by atoms with van der Waals surface area (Å²) in [6.45, 7) is -3.03. The van der Waals surface area contributed by atoms with Crippen LogP contribution in [0.3, 0.4) is 0 Å². The molecule has 3 fully saturated rings. The summed E-state index contributed by atoms with van der Waals surface area (Å²) in [6.07, 6.45) is 6.27. The number of aliphatic hydroxyl groups excluding tert-OH is 1. The molecule has 0 radical (unpaired) electrons. The van der Waals surface area contributed by atoms with E-state index >= 15 is 0 Å². The molecule has 1 aromatic carbocycles. The fraction of sp³-hybridized carbons (Fsp3) is 0.682. The molecule has 2 N–H and O–H groups in total. The van der Waals surface area contributed by atoms with Crippen LogP contribution < -0.4 is 14.8 Å². The number of alkyl halides is 2. The third kappa shape index (κ3) is 5.20. The second kappa shape index (κ2) is 9.04. The molecule has 166 valence electrons. The van der Waals surface area contributed by atoms with Crippen molar-refractivity contribution in [2.75, 3.05) is 0 Å². The number of carbonyl (C=O) groups is 1. The van der Waals surface area contributed by atoms with E-state index in [0.29, 0.717) is 24.7 Å². The monoisotopic (exact) mass is 427 g/mol. The highest BCUT2D eigenvalue weighted by Gasteiger charge is 2.39. The summed E-state index contributed by atoms with van der Waals surface area (Å²) < 4.78 is 48.4. The van der Waals surface area contributed by atoms with Gasteiger partial charge in [-0.15, -0.1) is 0 Å². The molecule has 3 aliphatic carbocycles. The van der Waals surface area contributed by atoms with E-state index in [1.54, 1.807) is 0 Å². The minimum atomic E-state index is -3.03. The van der Waals surface area contributed by atoms with Crippen LogP contribution in [0.1, 0.15) is 51.4 Å². The highest BCUT2D eigenvalue weighted by atomic mass is 19.3. The molecular formula is C22H28F3NO4. The highest BCUT2D eigenvalue weighted by Crippen LogP contribution is 2.41. The Hall–Kier alpha value is -1.96. The minimum Gasteiger partial charge on any atom is -0.486 e. The Morgan fingerprint density at radius 1 is 1.03 bits per heavy atom. The van der Waals surface area contributed by atoms with Crippen LogP contribution in [0.2, 0.25) is 0 Å². The van der Waals surface area contributed by atoms with Gasteiger partial charge in [-0.2, -0.15) is 8.78 Å². The lowest BCUT2D eigenvalue weighted by Gasteiger charge is -2.37. The van der Waals surface area contributed by atoms with Gasteiger partial charge in [0.25, 0.3) is 0 Å². The molecule has 0 aliphatic heterocycles. The zero-order valence-corrected chi connectivity index (χ0v) is 16.7. The first kappa shape index (κ1) is 21.3. The van der Waals surface area contributed by atoms with Gasteiger partial charge < -0.3 is 19.9 Å². The fourth-order valence-corrected chi connectivity index (χ4v) is 4.57. The molecule has 8 heteroatoms. The third-order valence-electron chi connectivity index (χ3n) is 6.59. The number of nitrogens with one attached hydrogen (secondary N) is 1. The van der Waals surface area contributed by atoms with E-state index in [1.165, 1.54) is 0 Å². The largest absolute Gasteiger partial charge is 0.486 e. The molecule has 0 spiro atoms. The van der Waals surface area contributed by atoms with Crippen molar-refractivity contribution in [2.45, 2.75) is 76.2 Å². The number of amides is 1. The van der Waals surface area contributed by atoms with Crippen molar-refractivity contribution in [3.05, 3.63) is 24.0 Å². The van der Waals surface area contributed by atoms with Crippen LogP contribution in [-0.2, 0) is 4.79 Å². The van der Waals surface area contributed by atoms with Gasteiger partial charge in [0.2, 0.25) is 5.91 Å². The summed E-state index contributed by atoms with van der Waals surface area (Å²) in [5, 5.41) is 13.4. The van der Waals surface area contributed by atoms with Crippen LogP contribution in [0.4, 0.5) is 13.2 Å². The zero-order chi connectivity index (χ0) is 21.3. The number of carbonyl (C=O) groups excluding carboxylic acids is 1. The van der Waals surface area contributed by atoms with Gasteiger partial charge in [0.15, 0.2) is 11.5 Å². The Balaban J connectivity index is 1.20. The first-order valence-corrected chi connectivity index (χ1v) is 10.8. The standard InChI is InChI=1S/C22H28F3NO4/c23-15-5-8-18(30-22(24)25)19(11-15)29-17-9-14(10-17)21(28)26-16-6-3-13(4-7-16)20(27)12-1-2-12/h5,8,11-14,16-17,20,22,27H,1-4,6-7,9-10H2,(H,26,28)/t13-,14-,16-,17-,20?. The molecule has 0 aromatic heterocycles. The molecule has 3 saturated carbocycles. The number of hydrogen-bond donors (Lipinski definition) is 2. The first-order valence-electron chi connectivity index (χ1n) is 10.8. The SMILES string of the molecule is O=C(N[C@H]1CC[C@H](C(O)C2CC2)CC1)[C@H]1C[C@H](Oc2cc(F)ccc2OC(F)F)C1. The van der Waals surface area contributed by atoms with Crippen molar-refractivity contribution >= 4 is 5.91 Å². The number of halogens is 3. The van der Waals surface area contributed by atoms with E-state index in [1.807, 2.05) is 0 Å². The molecule has 4 rings (SSSR count). The molecule has 1 aromatic rings. The molecule has 1 atom stereocenters. The van der Waals surface area contributed by atoms with Crippen molar-refractivity contribution in [3.8, 4) is 11.5 Å². The number of hydrogen-bond acceptors (Lipinski definition) is 4. The highest BCUT2D eigenvalue weighted by molar-refractivity contribution is 5.80. The second-order valence-corrected chi connectivity index (χ2v) is 8.83. The lowest BCUT2D eigenvalue weighted by molar-refractivity contribution is -0.131. The van der Waals surface area contributed by atoms with E-state index in [0.717, 1.165) is 56.7 Å². The quantitative estimate of drug-likeness (QED) is 0.657. The topological polar surface area (TPSA) is 67.8 Å². The maximum atomic E-state index is 13.4. The molecule has 1 unspecified atom stereocenters. The van der Waals surface area contributed by atoms with E-state index < -0.39 is 12.4 Å². The normalized spacial score (nSPS) is 29.8. The summed E-state index contributed by atoms with van der Waals surface area (Å²) in [7, 11) is 0. The first-order chi connectivity index (χ1) is 14.4. The summed E-state index contributed by atoms with van der Waals surface area (Å²) in [6, 6.07) is 3.28.